The van der Waals surface area contributed by atoms with E-state index in [9.17, 15) is 4.79 Å². The van der Waals surface area contributed by atoms with Crippen molar-refractivity contribution in [3.05, 3.63) is 23.8 Å². The normalized spacial score (nSPS) is 10.1. The highest BCUT2D eigenvalue weighted by Crippen LogP contribution is 2.25. The third-order valence-electron chi connectivity index (χ3n) is 2.44. The Labute approximate surface area is 102 Å². The fourth-order valence-electron chi connectivity index (χ4n) is 1.51. The lowest BCUT2D eigenvalue weighted by atomic mass is 10.2. The largest absolute Gasteiger partial charge is 0.495 e. The van der Waals surface area contributed by atoms with Crippen LogP contribution in [0.3, 0.4) is 0 Å². The average Bonchev–Trinajstić information content (AvgIpc) is 2.32. The molecule has 0 aliphatic heterocycles. The van der Waals surface area contributed by atoms with Crippen LogP contribution in [-0.2, 0) is 4.79 Å². The Morgan fingerprint density at radius 2 is 2.18 bits per heavy atom. The van der Waals surface area contributed by atoms with Gasteiger partial charge in [-0.15, -0.1) is 0 Å². The third-order valence-corrected chi connectivity index (χ3v) is 2.44. The van der Waals surface area contributed by atoms with E-state index in [2.05, 4.69) is 5.32 Å². The second kappa shape index (κ2) is 6.91. The molecule has 17 heavy (non-hydrogen) atoms. The maximum absolute atomic E-state index is 11.6. The molecular weight excluding hydrogens is 218 g/mol. The first kappa shape index (κ1) is 13.5. The summed E-state index contributed by atoms with van der Waals surface area (Å²) in [5.41, 5.74) is 1.77. The number of ether oxygens (including phenoxy) is 1. The second-order valence-electron chi connectivity index (χ2n) is 3.93. The number of unbranched alkanes of at least 4 members (excludes halogenated alkanes) is 1. The Kier molecular flexibility index (Phi) is 5.49. The molecule has 1 aromatic rings. The highest BCUT2D eigenvalue weighted by molar-refractivity contribution is 5.92. The summed E-state index contributed by atoms with van der Waals surface area (Å²) >= 11 is 0. The number of nitrogens with one attached hydrogen (secondary N) is 1. The predicted octanol–water partition coefficient (Wildman–Crippen LogP) is 2.10. The molecule has 0 saturated heterocycles. The van der Waals surface area contributed by atoms with Gasteiger partial charge in [0.25, 0.3) is 0 Å². The Morgan fingerprint density at radius 3 is 2.82 bits per heavy atom. The van der Waals surface area contributed by atoms with E-state index in [0.717, 1.165) is 5.56 Å². The lowest BCUT2D eigenvalue weighted by Gasteiger charge is -2.10. The van der Waals surface area contributed by atoms with E-state index >= 15 is 0 Å². The molecule has 0 unspecified atom stereocenters. The molecule has 0 radical (unpaired) electrons. The molecule has 0 heterocycles. The number of benzene rings is 1. The van der Waals surface area contributed by atoms with Crippen LogP contribution in [0.1, 0.15) is 24.8 Å². The van der Waals surface area contributed by atoms with Gasteiger partial charge in [0, 0.05) is 13.0 Å². The van der Waals surface area contributed by atoms with E-state index in [0.29, 0.717) is 30.7 Å². The minimum absolute atomic E-state index is 0.0550. The lowest BCUT2D eigenvalue weighted by Crippen LogP contribution is -2.12. The van der Waals surface area contributed by atoms with Gasteiger partial charge in [0.15, 0.2) is 0 Å². The van der Waals surface area contributed by atoms with Gasteiger partial charge in [-0.3, -0.25) is 4.79 Å². The number of aryl methyl sites for hydroxylation is 1. The molecular formula is C13H19NO3. The number of amides is 1. The maximum atomic E-state index is 11.6. The summed E-state index contributed by atoms with van der Waals surface area (Å²) in [5, 5.41) is 11.4. The number of hydrogen-bond acceptors (Lipinski definition) is 3. The summed E-state index contributed by atoms with van der Waals surface area (Å²) < 4.78 is 5.20. The summed E-state index contributed by atoms with van der Waals surface area (Å²) in [6.07, 6.45) is 1.76. The third kappa shape index (κ3) is 4.44. The first-order chi connectivity index (χ1) is 8.17. The molecule has 2 N–H and O–H groups in total. The topological polar surface area (TPSA) is 58.6 Å². The van der Waals surface area contributed by atoms with Gasteiger partial charge in [-0.25, -0.2) is 0 Å². The van der Waals surface area contributed by atoms with Crippen LogP contribution in [0.5, 0.6) is 5.75 Å². The lowest BCUT2D eigenvalue weighted by molar-refractivity contribution is -0.116. The number of aliphatic hydroxyl groups is 1. The molecule has 0 saturated carbocycles. The Bertz CT molecular complexity index is 377. The molecule has 0 aliphatic rings. The second-order valence-corrected chi connectivity index (χ2v) is 3.93. The molecule has 1 amide bonds. The zero-order valence-electron chi connectivity index (χ0n) is 10.3. The van der Waals surface area contributed by atoms with Crippen molar-refractivity contribution in [3.8, 4) is 5.75 Å². The Morgan fingerprint density at radius 1 is 1.41 bits per heavy atom. The van der Waals surface area contributed by atoms with E-state index in [1.54, 1.807) is 7.11 Å². The SMILES string of the molecule is COc1cc(C)ccc1NC(=O)CCCCO. The first-order valence-electron chi connectivity index (χ1n) is 5.72. The molecule has 0 fully saturated rings. The zero-order chi connectivity index (χ0) is 12.7. The van der Waals surface area contributed by atoms with Crippen molar-refractivity contribution in [1.82, 2.24) is 0 Å². The summed E-state index contributed by atoms with van der Waals surface area (Å²) in [4.78, 5) is 11.6. The van der Waals surface area contributed by atoms with Gasteiger partial charge in [-0.05, 0) is 37.5 Å². The molecule has 94 valence electrons. The fourth-order valence-corrected chi connectivity index (χ4v) is 1.51. The fraction of sp³-hybridized carbons (Fsp3) is 0.462. The number of carbonyl (C=O) groups excluding carboxylic acids is 1. The minimum Gasteiger partial charge on any atom is -0.495 e. The number of aliphatic hydroxyl groups excluding tert-OH is 1. The van der Waals surface area contributed by atoms with Crippen LogP contribution in [0, 0.1) is 6.92 Å². The van der Waals surface area contributed by atoms with Crippen LogP contribution in [-0.4, -0.2) is 24.7 Å². The van der Waals surface area contributed by atoms with Crippen LogP contribution in [0.15, 0.2) is 18.2 Å². The standard InChI is InChI=1S/C13H19NO3/c1-10-6-7-11(12(9-10)17-2)14-13(16)5-3-4-8-15/h6-7,9,15H,3-5,8H2,1-2H3,(H,14,16). The van der Waals surface area contributed by atoms with Crippen LogP contribution in [0.4, 0.5) is 5.69 Å². The molecule has 4 nitrogen and oxygen atoms in total. The van der Waals surface area contributed by atoms with E-state index in [1.165, 1.54) is 0 Å². The van der Waals surface area contributed by atoms with Crippen molar-refractivity contribution in [1.29, 1.82) is 0 Å². The number of anilines is 1. The van der Waals surface area contributed by atoms with Crippen molar-refractivity contribution in [2.45, 2.75) is 26.2 Å². The molecule has 0 bridgehead atoms. The van der Waals surface area contributed by atoms with E-state index in [-0.39, 0.29) is 12.5 Å². The Hall–Kier alpha value is -1.55. The van der Waals surface area contributed by atoms with Crippen molar-refractivity contribution >= 4 is 11.6 Å². The monoisotopic (exact) mass is 237 g/mol. The van der Waals surface area contributed by atoms with Crippen LogP contribution in [0.2, 0.25) is 0 Å². The Balaban J connectivity index is 2.58. The quantitative estimate of drug-likeness (QED) is 0.745. The van der Waals surface area contributed by atoms with Gasteiger partial charge in [0.2, 0.25) is 5.91 Å². The summed E-state index contributed by atoms with van der Waals surface area (Å²) in [6, 6.07) is 5.63. The van der Waals surface area contributed by atoms with Gasteiger partial charge >= 0.3 is 0 Å². The summed E-state index contributed by atoms with van der Waals surface area (Å²) in [6.45, 7) is 2.09. The van der Waals surface area contributed by atoms with E-state index < -0.39 is 0 Å². The molecule has 0 spiro atoms. The molecule has 1 rings (SSSR count). The van der Waals surface area contributed by atoms with Gasteiger partial charge in [-0.1, -0.05) is 6.07 Å². The van der Waals surface area contributed by atoms with Gasteiger partial charge in [0.1, 0.15) is 5.75 Å². The molecule has 0 aromatic heterocycles. The highest BCUT2D eigenvalue weighted by atomic mass is 16.5. The maximum Gasteiger partial charge on any atom is 0.224 e. The first-order valence-corrected chi connectivity index (χ1v) is 5.72. The van der Waals surface area contributed by atoms with Crippen LogP contribution >= 0.6 is 0 Å². The average molecular weight is 237 g/mol. The van der Waals surface area contributed by atoms with Crippen LogP contribution in [0.25, 0.3) is 0 Å². The van der Waals surface area contributed by atoms with Gasteiger partial charge in [0.05, 0.1) is 12.8 Å². The van der Waals surface area contributed by atoms with Crippen molar-refractivity contribution in [2.24, 2.45) is 0 Å². The van der Waals surface area contributed by atoms with E-state index in [1.807, 2.05) is 25.1 Å². The smallest absolute Gasteiger partial charge is 0.224 e. The van der Waals surface area contributed by atoms with Crippen molar-refractivity contribution in [2.75, 3.05) is 19.0 Å². The summed E-state index contributed by atoms with van der Waals surface area (Å²) in [5.74, 6) is 0.612. The van der Waals surface area contributed by atoms with Crippen LogP contribution < -0.4 is 10.1 Å². The van der Waals surface area contributed by atoms with Crippen molar-refractivity contribution < 1.29 is 14.6 Å². The number of rotatable bonds is 6. The minimum atomic E-state index is -0.0550. The summed E-state index contributed by atoms with van der Waals surface area (Å²) in [7, 11) is 1.58. The predicted molar refractivity (Wildman–Crippen MR) is 67.3 cm³/mol. The molecule has 4 heteroatoms. The molecule has 0 aliphatic carbocycles. The van der Waals surface area contributed by atoms with Gasteiger partial charge < -0.3 is 15.2 Å². The number of carbonyl (C=O) groups is 1. The van der Waals surface area contributed by atoms with Crippen molar-refractivity contribution in [3.63, 3.8) is 0 Å². The molecule has 1 aromatic carbocycles. The zero-order valence-corrected chi connectivity index (χ0v) is 10.3. The molecule has 0 atom stereocenters. The van der Waals surface area contributed by atoms with Gasteiger partial charge in [-0.2, -0.15) is 0 Å². The van der Waals surface area contributed by atoms with E-state index in [4.69, 9.17) is 9.84 Å². The number of methoxy groups -OCH3 is 1. The highest BCUT2D eigenvalue weighted by Gasteiger charge is 2.07. The number of hydrogen-bond donors (Lipinski definition) is 2.